The molecule has 1 N–H and O–H groups in total. The molecule has 0 radical (unpaired) electrons. The third kappa shape index (κ3) is 3.25. The van der Waals surface area contributed by atoms with Gasteiger partial charge in [0.1, 0.15) is 0 Å². The number of nitrogens with one attached hydrogen (secondary N) is 1. The summed E-state index contributed by atoms with van der Waals surface area (Å²) >= 11 is 0. The Hall–Kier alpha value is -0.130. The molecule has 4 nitrogen and oxygen atoms in total. The van der Waals surface area contributed by atoms with Crippen LogP contribution in [0.5, 0.6) is 0 Å². The van der Waals surface area contributed by atoms with Crippen LogP contribution in [0, 0.1) is 0 Å². The van der Waals surface area contributed by atoms with Crippen molar-refractivity contribution in [2.75, 3.05) is 31.9 Å². The Morgan fingerprint density at radius 3 is 2.46 bits per heavy atom. The maximum Gasteiger partial charge on any atom is 0.215 e. The fourth-order valence-corrected chi connectivity index (χ4v) is 2.95. The van der Waals surface area contributed by atoms with Crippen molar-refractivity contribution in [1.82, 2.24) is 9.62 Å². The predicted molar refractivity (Wildman–Crippen MR) is 53.1 cm³/mol. The van der Waals surface area contributed by atoms with E-state index in [1.807, 2.05) is 6.92 Å². The Bertz CT molecular complexity index is 233. The van der Waals surface area contributed by atoms with Crippen molar-refractivity contribution in [3.05, 3.63) is 0 Å². The number of hydrogen-bond donors (Lipinski definition) is 1. The largest absolute Gasteiger partial charge is 0.316 e. The van der Waals surface area contributed by atoms with Crippen molar-refractivity contribution in [3.63, 3.8) is 0 Å². The van der Waals surface area contributed by atoms with Crippen molar-refractivity contribution in [2.45, 2.75) is 19.8 Å². The molecule has 13 heavy (non-hydrogen) atoms. The predicted octanol–water partition coefficient (Wildman–Crippen LogP) is 0.0215. The first-order valence-electron chi connectivity index (χ1n) is 4.85. The Kier molecular flexibility index (Phi) is 4.15. The van der Waals surface area contributed by atoms with E-state index >= 15 is 0 Å². The average Bonchev–Trinajstić information content (AvgIpc) is 2.56. The van der Waals surface area contributed by atoms with E-state index < -0.39 is 10.0 Å². The van der Waals surface area contributed by atoms with Crippen LogP contribution in [0.1, 0.15) is 19.8 Å². The van der Waals surface area contributed by atoms with E-state index in [1.54, 1.807) is 4.31 Å². The van der Waals surface area contributed by atoms with Crippen LogP contribution in [0.4, 0.5) is 0 Å². The zero-order valence-electron chi connectivity index (χ0n) is 8.12. The molecule has 0 aromatic rings. The van der Waals surface area contributed by atoms with Crippen LogP contribution in [0.2, 0.25) is 0 Å². The lowest BCUT2D eigenvalue weighted by Gasteiger charge is -2.15. The average molecular weight is 206 g/mol. The van der Waals surface area contributed by atoms with Crippen LogP contribution in [0.15, 0.2) is 0 Å². The van der Waals surface area contributed by atoms with Crippen molar-refractivity contribution in [3.8, 4) is 0 Å². The Morgan fingerprint density at radius 2 is 1.92 bits per heavy atom. The molecule has 1 saturated heterocycles. The molecule has 1 aliphatic heterocycles. The molecule has 0 aliphatic carbocycles. The molecule has 1 aliphatic rings. The zero-order valence-corrected chi connectivity index (χ0v) is 8.94. The van der Waals surface area contributed by atoms with Gasteiger partial charge >= 0.3 is 0 Å². The van der Waals surface area contributed by atoms with E-state index in [0.29, 0.717) is 19.6 Å². The van der Waals surface area contributed by atoms with Crippen molar-refractivity contribution < 1.29 is 8.42 Å². The number of rotatable bonds is 5. The summed E-state index contributed by atoms with van der Waals surface area (Å²) in [5, 5.41) is 3.02. The molecule has 0 aromatic heterocycles. The Balaban J connectivity index is 2.36. The minimum atomic E-state index is -2.96. The molecule has 0 aromatic carbocycles. The van der Waals surface area contributed by atoms with Gasteiger partial charge in [0, 0.05) is 19.6 Å². The highest BCUT2D eigenvalue weighted by Crippen LogP contribution is 2.12. The highest BCUT2D eigenvalue weighted by Gasteiger charge is 2.24. The van der Waals surface area contributed by atoms with E-state index in [-0.39, 0.29) is 5.75 Å². The standard InChI is InChI=1S/C8H18N2O2S/c1-2-9-5-8-13(11,12)10-6-3-4-7-10/h9H,2-8H2,1H3. The van der Waals surface area contributed by atoms with E-state index in [9.17, 15) is 8.42 Å². The third-order valence-electron chi connectivity index (χ3n) is 2.25. The maximum atomic E-state index is 11.6. The number of nitrogens with zero attached hydrogens (tertiary/aromatic N) is 1. The highest BCUT2D eigenvalue weighted by atomic mass is 32.2. The number of sulfonamides is 1. The lowest BCUT2D eigenvalue weighted by atomic mass is 10.4. The summed E-state index contributed by atoms with van der Waals surface area (Å²) in [6, 6.07) is 0. The van der Waals surface area contributed by atoms with E-state index in [4.69, 9.17) is 0 Å². The summed E-state index contributed by atoms with van der Waals surface area (Å²) in [4.78, 5) is 0. The first kappa shape index (κ1) is 10.9. The Labute approximate surface area is 80.4 Å². The first-order chi connectivity index (χ1) is 6.17. The van der Waals surface area contributed by atoms with Gasteiger partial charge in [-0.1, -0.05) is 6.92 Å². The van der Waals surface area contributed by atoms with Crippen molar-refractivity contribution in [1.29, 1.82) is 0 Å². The fraction of sp³-hybridized carbons (Fsp3) is 1.00. The zero-order chi connectivity index (χ0) is 9.73. The topological polar surface area (TPSA) is 49.4 Å². The molecule has 0 amide bonds. The summed E-state index contributed by atoms with van der Waals surface area (Å²) in [5.74, 6) is 0.237. The lowest BCUT2D eigenvalue weighted by molar-refractivity contribution is 0.476. The summed E-state index contributed by atoms with van der Waals surface area (Å²) in [7, 11) is -2.96. The van der Waals surface area contributed by atoms with Crippen molar-refractivity contribution >= 4 is 10.0 Å². The van der Waals surface area contributed by atoms with E-state index in [1.165, 1.54) is 0 Å². The van der Waals surface area contributed by atoms with Crippen LogP contribution < -0.4 is 5.32 Å². The molecular formula is C8H18N2O2S. The van der Waals surface area contributed by atoms with Gasteiger partial charge in [0.25, 0.3) is 0 Å². The van der Waals surface area contributed by atoms with Gasteiger partial charge < -0.3 is 5.32 Å². The molecule has 0 bridgehead atoms. The molecular weight excluding hydrogens is 188 g/mol. The van der Waals surface area contributed by atoms with Gasteiger partial charge in [-0.3, -0.25) is 0 Å². The minimum absolute atomic E-state index is 0.237. The van der Waals surface area contributed by atoms with Gasteiger partial charge in [-0.2, -0.15) is 0 Å². The second kappa shape index (κ2) is 4.93. The molecule has 5 heteroatoms. The summed E-state index contributed by atoms with van der Waals surface area (Å²) in [6.45, 7) is 4.80. The molecule has 0 unspecified atom stereocenters. The van der Waals surface area contributed by atoms with Crippen LogP contribution in [-0.2, 0) is 10.0 Å². The SMILES string of the molecule is CCNCCS(=O)(=O)N1CCCC1. The van der Waals surface area contributed by atoms with Gasteiger partial charge in [-0.15, -0.1) is 0 Å². The molecule has 1 rings (SSSR count). The van der Waals surface area contributed by atoms with Crippen LogP contribution in [0.3, 0.4) is 0 Å². The molecule has 1 heterocycles. The molecule has 78 valence electrons. The number of hydrogen-bond acceptors (Lipinski definition) is 3. The van der Waals surface area contributed by atoms with Crippen molar-refractivity contribution in [2.24, 2.45) is 0 Å². The highest BCUT2D eigenvalue weighted by molar-refractivity contribution is 7.89. The van der Waals surface area contributed by atoms with Crippen LogP contribution >= 0.6 is 0 Å². The maximum absolute atomic E-state index is 11.6. The van der Waals surface area contributed by atoms with E-state index in [2.05, 4.69) is 5.32 Å². The normalized spacial score (nSPS) is 19.5. The molecule has 1 fully saturated rings. The summed E-state index contributed by atoms with van der Waals surface area (Å²) in [5.41, 5.74) is 0. The lowest BCUT2D eigenvalue weighted by Crippen LogP contribution is -2.34. The molecule has 0 atom stereocenters. The van der Waals surface area contributed by atoms with Gasteiger partial charge in [-0.05, 0) is 19.4 Å². The molecule has 0 saturated carbocycles. The molecule has 0 spiro atoms. The fourth-order valence-electron chi connectivity index (χ4n) is 1.47. The monoisotopic (exact) mass is 206 g/mol. The summed E-state index contributed by atoms with van der Waals surface area (Å²) < 4.78 is 24.8. The van der Waals surface area contributed by atoms with Gasteiger partial charge in [0.2, 0.25) is 10.0 Å². The van der Waals surface area contributed by atoms with Gasteiger partial charge in [-0.25, -0.2) is 12.7 Å². The summed E-state index contributed by atoms with van der Waals surface area (Å²) in [6.07, 6.45) is 2.03. The Morgan fingerprint density at radius 1 is 1.31 bits per heavy atom. The minimum Gasteiger partial charge on any atom is -0.316 e. The van der Waals surface area contributed by atoms with Gasteiger partial charge in [0.15, 0.2) is 0 Å². The van der Waals surface area contributed by atoms with Gasteiger partial charge in [0.05, 0.1) is 5.75 Å². The third-order valence-corrected chi connectivity index (χ3v) is 4.12. The smallest absolute Gasteiger partial charge is 0.215 e. The second-order valence-electron chi connectivity index (χ2n) is 3.28. The second-order valence-corrected chi connectivity index (χ2v) is 5.36. The van der Waals surface area contributed by atoms with Crippen LogP contribution in [0.25, 0.3) is 0 Å². The first-order valence-corrected chi connectivity index (χ1v) is 6.46. The van der Waals surface area contributed by atoms with Crippen LogP contribution in [-0.4, -0.2) is 44.7 Å². The quantitative estimate of drug-likeness (QED) is 0.645. The van der Waals surface area contributed by atoms with E-state index in [0.717, 1.165) is 19.4 Å².